The smallest absolute Gasteiger partial charge is 0.261 e. The summed E-state index contributed by atoms with van der Waals surface area (Å²) >= 11 is 0. The number of halogens is 1. The van der Waals surface area contributed by atoms with E-state index in [9.17, 15) is 18.8 Å². The van der Waals surface area contributed by atoms with Crippen molar-refractivity contribution in [1.82, 2.24) is 4.98 Å². The zero-order chi connectivity index (χ0) is 19.0. The average Bonchev–Trinajstić information content (AvgIpc) is 3.17. The molecule has 1 atom stereocenters. The van der Waals surface area contributed by atoms with Gasteiger partial charge < -0.3 is 14.7 Å². The summed E-state index contributed by atoms with van der Waals surface area (Å²) < 4.78 is 19.1. The summed E-state index contributed by atoms with van der Waals surface area (Å²) in [5, 5.41) is 2.36. The molecule has 136 valence electrons. The largest absolute Gasteiger partial charge is 0.469 e. The number of Topliss-reactive ketones (excluding diaryl/α,β-unsaturated/α-hetero) is 1. The highest BCUT2D eigenvalue weighted by Crippen LogP contribution is 2.31. The number of nitrogens with one attached hydrogen (secondary N) is 2. The molecule has 4 rings (SSSR count). The summed E-state index contributed by atoms with van der Waals surface area (Å²) in [4.78, 5) is 39.9. The Kier molecular flexibility index (Phi) is 4.19. The maximum Gasteiger partial charge on any atom is 0.261 e. The molecule has 27 heavy (non-hydrogen) atoms. The third kappa shape index (κ3) is 3.19. The number of furan rings is 1. The first-order valence-electron chi connectivity index (χ1n) is 8.41. The van der Waals surface area contributed by atoms with Crippen LogP contribution in [0, 0.1) is 5.82 Å². The van der Waals surface area contributed by atoms with E-state index in [1.807, 2.05) is 0 Å². The minimum absolute atomic E-state index is 0.0381. The lowest BCUT2D eigenvalue weighted by Crippen LogP contribution is -2.29. The normalized spacial score (nSPS) is 16.0. The van der Waals surface area contributed by atoms with Crippen molar-refractivity contribution in [1.29, 1.82) is 0 Å². The number of hydrogen-bond donors (Lipinski definition) is 2. The summed E-state index contributed by atoms with van der Waals surface area (Å²) in [6.07, 6.45) is 2.19. The Morgan fingerprint density at radius 2 is 1.96 bits per heavy atom. The first kappa shape index (κ1) is 17.0. The Morgan fingerprint density at radius 3 is 2.70 bits per heavy atom. The molecule has 2 heterocycles. The first-order chi connectivity index (χ1) is 13.0. The molecule has 1 amide bonds. The maximum absolute atomic E-state index is 13.7. The number of anilines is 1. The van der Waals surface area contributed by atoms with Crippen molar-refractivity contribution in [2.75, 3.05) is 5.32 Å². The number of hydrogen-bond acceptors (Lipinski definition) is 4. The summed E-state index contributed by atoms with van der Waals surface area (Å²) in [6.45, 7) is 0. The number of carbonyl (C=O) groups is 2. The number of pyridine rings is 1. The molecule has 0 bridgehead atoms. The van der Waals surface area contributed by atoms with Gasteiger partial charge in [-0.1, -0.05) is 12.1 Å². The van der Waals surface area contributed by atoms with Gasteiger partial charge in [0.25, 0.3) is 11.5 Å². The van der Waals surface area contributed by atoms with Gasteiger partial charge in [-0.25, -0.2) is 4.39 Å². The van der Waals surface area contributed by atoms with Gasteiger partial charge in [-0.15, -0.1) is 0 Å². The number of para-hydroxylation sites is 1. The Bertz CT molecular complexity index is 1090. The van der Waals surface area contributed by atoms with E-state index in [-0.39, 0.29) is 29.4 Å². The van der Waals surface area contributed by atoms with E-state index >= 15 is 0 Å². The molecule has 7 heteroatoms. The van der Waals surface area contributed by atoms with E-state index in [1.165, 1.54) is 30.5 Å². The van der Waals surface area contributed by atoms with Gasteiger partial charge in [0.1, 0.15) is 17.1 Å². The number of carbonyl (C=O) groups excluding carboxylic acids is 2. The van der Waals surface area contributed by atoms with Crippen molar-refractivity contribution < 1.29 is 18.4 Å². The van der Waals surface area contributed by atoms with E-state index in [2.05, 4.69) is 10.3 Å². The van der Waals surface area contributed by atoms with E-state index < -0.39 is 17.3 Å². The quantitative estimate of drug-likeness (QED) is 0.744. The number of fused-ring (bicyclic) bond motifs is 1. The molecule has 0 saturated carbocycles. The Morgan fingerprint density at radius 1 is 1.15 bits per heavy atom. The van der Waals surface area contributed by atoms with Crippen LogP contribution in [-0.4, -0.2) is 16.7 Å². The van der Waals surface area contributed by atoms with Crippen molar-refractivity contribution >= 4 is 17.4 Å². The fraction of sp³-hybridized carbons (Fsp3) is 0.150. The zero-order valence-electron chi connectivity index (χ0n) is 14.1. The van der Waals surface area contributed by atoms with Gasteiger partial charge in [-0.2, -0.15) is 0 Å². The second kappa shape index (κ2) is 6.68. The standard InChI is InChI=1S/C20H15FN2O4/c21-14-4-1-2-5-15(14)22-19(25)13-10-12-16(23-20(13)26)8-11(9-17(12)24)18-6-3-7-27-18/h1-7,10-11H,8-9H2,(H,22,25)(H,23,26)/t11-/m0/s1. The van der Waals surface area contributed by atoms with Crippen LogP contribution in [0.1, 0.15) is 44.5 Å². The number of H-pyrrole nitrogens is 1. The lowest BCUT2D eigenvalue weighted by atomic mass is 9.84. The monoisotopic (exact) mass is 366 g/mol. The van der Waals surface area contributed by atoms with Gasteiger partial charge in [0.15, 0.2) is 5.78 Å². The van der Waals surface area contributed by atoms with Gasteiger partial charge in [0.2, 0.25) is 0 Å². The average molecular weight is 366 g/mol. The van der Waals surface area contributed by atoms with Crippen molar-refractivity contribution in [3.8, 4) is 0 Å². The van der Waals surface area contributed by atoms with Crippen molar-refractivity contribution in [2.24, 2.45) is 0 Å². The molecule has 3 aromatic rings. The predicted molar refractivity (Wildman–Crippen MR) is 95.5 cm³/mol. The molecule has 2 aromatic heterocycles. The van der Waals surface area contributed by atoms with E-state index in [0.717, 1.165) is 0 Å². The number of aromatic nitrogens is 1. The number of rotatable bonds is 3. The number of ketones is 1. The third-order valence-corrected chi connectivity index (χ3v) is 4.62. The third-order valence-electron chi connectivity index (χ3n) is 4.62. The molecule has 1 aliphatic carbocycles. The van der Waals surface area contributed by atoms with E-state index in [1.54, 1.807) is 18.2 Å². The topological polar surface area (TPSA) is 92.2 Å². The van der Waals surface area contributed by atoms with Crippen molar-refractivity contribution in [2.45, 2.75) is 18.8 Å². The minimum atomic E-state index is -0.773. The molecule has 0 spiro atoms. The summed E-state index contributed by atoms with van der Waals surface area (Å²) in [7, 11) is 0. The maximum atomic E-state index is 13.7. The molecule has 0 saturated heterocycles. The number of amides is 1. The highest BCUT2D eigenvalue weighted by atomic mass is 19.1. The SMILES string of the molecule is O=C1C[C@@H](c2ccco2)Cc2[nH]c(=O)c(C(=O)Nc3ccccc3F)cc21. The van der Waals surface area contributed by atoms with Crippen LogP contribution in [0.25, 0.3) is 0 Å². The molecule has 0 aliphatic heterocycles. The molecule has 1 aromatic carbocycles. The zero-order valence-corrected chi connectivity index (χ0v) is 14.1. The van der Waals surface area contributed by atoms with Crippen LogP contribution in [-0.2, 0) is 6.42 Å². The minimum Gasteiger partial charge on any atom is -0.469 e. The van der Waals surface area contributed by atoms with Gasteiger partial charge in [0.05, 0.1) is 12.0 Å². The van der Waals surface area contributed by atoms with Crippen LogP contribution < -0.4 is 10.9 Å². The lowest BCUT2D eigenvalue weighted by molar-refractivity contribution is 0.0959. The summed E-state index contributed by atoms with van der Waals surface area (Å²) in [6, 6.07) is 10.5. The van der Waals surface area contributed by atoms with Crippen LogP contribution in [0.2, 0.25) is 0 Å². The molecule has 0 unspecified atom stereocenters. The number of aromatic amines is 1. The fourth-order valence-corrected chi connectivity index (χ4v) is 3.28. The van der Waals surface area contributed by atoms with Gasteiger partial charge >= 0.3 is 0 Å². The fourth-order valence-electron chi connectivity index (χ4n) is 3.28. The number of benzene rings is 1. The Hall–Kier alpha value is -3.48. The van der Waals surface area contributed by atoms with Crippen molar-refractivity contribution in [3.63, 3.8) is 0 Å². The molecule has 0 fully saturated rings. The van der Waals surface area contributed by atoms with Gasteiger partial charge in [-0.05, 0) is 36.8 Å². The van der Waals surface area contributed by atoms with Crippen molar-refractivity contribution in [3.05, 3.63) is 87.5 Å². The lowest BCUT2D eigenvalue weighted by Gasteiger charge is -2.22. The highest BCUT2D eigenvalue weighted by molar-refractivity contribution is 6.06. The Labute approximate surface area is 153 Å². The summed E-state index contributed by atoms with van der Waals surface area (Å²) in [5.41, 5.74) is -0.128. The van der Waals surface area contributed by atoms with Crippen LogP contribution in [0.5, 0.6) is 0 Å². The summed E-state index contributed by atoms with van der Waals surface area (Å²) in [5.74, 6) is -1.05. The predicted octanol–water partition coefficient (Wildman–Crippen LogP) is 3.27. The molecule has 1 aliphatic rings. The van der Waals surface area contributed by atoms with Crippen LogP contribution >= 0.6 is 0 Å². The Balaban J connectivity index is 1.65. The highest BCUT2D eigenvalue weighted by Gasteiger charge is 2.30. The van der Waals surface area contributed by atoms with E-state index in [0.29, 0.717) is 23.4 Å². The van der Waals surface area contributed by atoms with Crippen LogP contribution in [0.3, 0.4) is 0 Å². The van der Waals surface area contributed by atoms with Crippen LogP contribution in [0.15, 0.2) is 57.9 Å². The first-order valence-corrected chi connectivity index (χ1v) is 8.41. The second-order valence-corrected chi connectivity index (χ2v) is 6.38. The second-order valence-electron chi connectivity index (χ2n) is 6.38. The van der Waals surface area contributed by atoms with Gasteiger partial charge in [0, 0.05) is 23.6 Å². The molecule has 2 N–H and O–H groups in total. The molecular weight excluding hydrogens is 351 g/mol. The van der Waals surface area contributed by atoms with E-state index in [4.69, 9.17) is 4.42 Å². The van der Waals surface area contributed by atoms with Crippen LogP contribution in [0.4, 0.5) is 10.1 Å². The molecule has 0 radical (unpaired) electrons. The molecular formula is C20H15FN2O4. The molecule has 6 nitrogen and oxygen atoms in total. The van der Waals surface area contributed by atoms with Gasteiger partial charge in [-0.3, -0.25) is 14.4 Å².